The van der Waals surface area contributed by atoms with Crippen molar-refractivity contribution in [3.63, 3.8) is 0 Å². The molecule has 0 aliphatic carbocycles. The van der Waals surface area contributed by atoms with Crippen LogP contribution in [0, 0.1) is 6.92 Å². The van der Waals surface area contributed by atoms with Gasteiger partial charge in [-0.3, -0.25) is 4.79 Å². The first kappa shape index (κ1) is 23.5. The number of hydrogen-bond donors (Lipinski definition) is 0. The second-order valence-electron chi connectivity index (χ2n) is 7.68. The molecule has 32 heavy (non-hydrogen) atoms. The maximum atomic E-state index is 13.4. The average molecular weight is 452 g/mol. The molecule has 1 amide bonds. The molecule has 0 heterocycles. The Morgan fingerprint density at radius 1 is 0.844 bits per heavy atom. The van der Waals surface area contributed by atoms with Gasteiger partial charge in [0, 0.05) is 0 Å². The van der Waals surface area contributed by atoms with Crippen LogP contribution in [0.5, 0.6) is 5.75 Å². The van der Waals surface area contributed by atoms with Gasteiger partial charge in [0.15, 0.2) is 6.61 Å². The van der Waals surface area contributed by atoms with Gasteiger partial charge in [0.25, 0.3) is 15.9 Å². The van der Waals surface area contributed by atoms with Crippen molar-refractivity contribution in [1.82, 2.24) is 0 Å². The lowest BCUT2D eigenvalue weighted by Gasteiger charge is -2.23. The summed E-state index contributed by atoms with van der Waals surface area (Å²) < 4.78 is 33.3. The zero-order valence-corrected chi connectivity index (χ0v) is 19.6. The van der Waals surface area contributed by atoms with E-state index in [4.69, 9.17) is 4.74 Å². The third kappa shape index (κ3) is 5.56. The summed E-state index contributed by atoms with van der Waals surface area (Å²) in [4.78, 5) is 13.2. The molecule has 0 aromatic heterocycles. The highest BCUT2D eigenvalue weighted by Gasteiger charge is 2.31. The molecule has 0 saturated carbocycles. The third-order valence-corrected chi connectivity index (χ3v) is 6.95. The van der Waals surface area contributed by atoms with Gasteiger partial charge in [-0.05, 0) is 67.3 Å². The van der Waals surface area contributed by atoms with Crippen LogP contribution in [0.15, 0.2) is 77.7 Å². The van der Waals surface area contributed by atoms with Crippen LogP contribution in [-0.2, 0) is 27.7 Å². The van der Waals surface area contributed by atoms with Gasteiger partial charge in [-0.2, -0.15) is 4.31 Å². The van der Waals surface area contributed by atoms with Gasteiger partial charge >= 0.3 is 0 Å². The minimum atomic E-state index is -4.10. The number of hydrogen-bond acceptors (Lipinski definition) is 4. The Bertz CT molecular complexity index is 1140. The predicted molar refractivity (Wildman–Crippen MR) is 128 cm³/mol. The van der Waals surface area contributed by atoms with Crippen LogP contribution in [0.3, 0.4) is 0 Å². The van der Waals surface area contributed by atoms with Crippen molar-refractivity contribution in [3.8, 4) is 5.75 Å². The van der Waals surface area contributed by atoms with Crippen molar-refractivity contribution in [3.05, 3.63) is 89.5 Å². The third-order valence-electron chi connectivity index (χ3n) is 5.19. The standard InChI is InChI=1S/C26H29NO4S/c1-4-6-22-11-15-24(16-12-22)31-19-26(28)27(23-13-9-21(5-2)10-14-23)32(29,30)25-17-7-20(3)8-18-25/h7-18H,4-6,19H2,1-3H3. The zero-order valence-electron chi connectivity index (χ0n) is 18.7. The lowest BCUT2D eigenvalue weighted by molar-refractivity contribution is -0.119. The predicted octanol–water partition coefficient (Wildman–Crippen LogP) is 5.31. The molecule has 168 valence electrons. The first-order valence-electron chi connectivity index (χ1n) is 10.8. The first-order chi connectivity index (χ1) is 15.3. The van der Waals surface area contributed by atoms with Gasteiger partial charge in [0.2, 0.25) is 0 Å². The lowest BCUT2D eigenvalue weighted by atomic mass is 10.1. The molecule has 0 saturated heterocycles. The van der Waals surface area contributed by atoms with E-state index >= 15 is 0 Å². The van der Waals surface area contributed by atoms with Crippen molar-refractivity contribution in [2.24, 2.45) is 0 Å². The number of sulfonamides is 1. The van der Waals surface area contributed by atoms with Gasteiger partial charge in [-0.1, -0.05) is 62.2 Å². The van der Waals surface area contributed by atoms with E-state index in [0.29, 0.717) is 5.75 Å². The molecule has 0 aliphatic rings. The Labute approximate surface area is 190 Å². The fourth-order valence-corrected chi connectivity index (χ4v) is 4.76. The van der Waals surface area contributed by atoms with Crippen LogP contribution < -0.4 is 9.04 Å². The van der Waals surface area contributed by atoms with Crippen molar-refractivity contribution >= 4 is 21.6 Å². The van der Waals surface area contributed by atoms with Crippen molar-refractivity contribution in [2.45, 2.75) is 44.9 Å². The summed E-state index contributed by atoms with van der Waals surface area (Å²) in [7, 11) is -4.10. The number of nitrogens with zero attached hydrogens (tertiary/aromatic N) is 1. The zero-order chi connectivity index (χ0) is 23.1. The molecule has 5 nitrogen and oxygen atoms in total. The van der Waals surface area contributed by atoms with Gasteiger partial charge in [0.05, 0.1) is 10.6 Å². The second kappa shape index (κ2) is 10.5. The Morgan fingerprint density at radius 3 is 2.00 bits per heavy atom. The van der Waals surface area contributed by atoms with E-state index in [2.05, 4.69) is 6.92 Å². The summed E-state index contributed by atoms with van der Waals surface area (Å²) in [5.74, 6) is -0.139. The summed E-state index contributed by atoms with van der Waals surface area (Å²) in [6, 6.07) is 20.9. The van der Waals surface area contributed by atoms with Crippen molar-refractivity contribution in [2.75, 3.05) is 10.9 Å². The smallest absolute Gasteiger partial charge is 0.278 e. The molecular formula is C26H29NO4S. The van der Waals surface area contributed by atoms with Crippen molar-refractivity contribution < 1.29 is 17.9 Å². The topological polar surface area (TPSA) is 63.7 Å². The molecule has 3 rings (SSSR count). The molecule has 0 unspecified atom stereocenters. The molecule has 6 heteroatoms. The molecule has 0 aliphatic heterocycles. The monoisotopic (exact) mass is 451 g/mol. The van der Waals surface area contributed by atoms with Gasteiger partial charge in [-0.25, -0.2) is 8.42 Å². The fraction of sp³-hybridized carbons (Fsp3) is 0.269. The number of carbonyl (C=O) groups excluding carboxylic acids is 1. The van der Waals surface area contributed by atoms with E-state index in [1.54, 1.807) is 36.4 Å². The van der Waals surface area contributed by atoms with E-state index in [9.17, 15) is 13.2 Å². The van der Waals surface area contributed by atoms with Crippen LogP contribution in [0.25, 0.3) is 0 Å². The van der Waals surface area contributed by atoms with E-state index < -0.39 is 22.5 Å². The first-order valence-corrected chi connectivity index (χ1v) is 12.2. The number of aryl methyl sites for hydroxylation is 3. The summed E-state index contributed by atoms with van der Waals surface area (Å²) >= 11 is 0. The van der Waals surface area contributed by atoms with Gasteiger partial charge in [0.1, 0.15) is 5.75 Å². The van der Waals surface area contributed by atoms with E-state index in [-0.39, 0.29) is 10.6 Å². The molecule has 3 aromatic carbocycles. The van der Waals surface area contributed by atoms with Crippen molar-refractivity contribution in [1.29, 1.82) is 0 Å². The SMILES string of the molecule is CCCc1ccc(OCC(=O)N(c2ccc(CC)cc2)S(=O)(=O)c2ccc(C)cc2)cc1. The molecule has 0 atom stereocenters. The maximum absolute atomic E-state index is 13.4. The molecule has 0 radical (unpaired) electrons. The Morgan fingerprint density at radius 2 is 1.44 bits per heavy atom. The molecule has 0 bridgehead atoms. The highest BCUT2D eigenvalue weighted by Crippen LogP contribution is 2.25. The number of rotatable bonds is 9. The fourth-order valence-electron chi connectivity index (χ4n) is 3.34. The average Bonchev–Trinajstić information content (AvgIpc) is 2.79. The lowest BCUT2D eigenvalue weighted by Crippen LogP contribution is -2.40. The van der Waals surface area contributed by atoms with Crippen LogP contribution in [0.2, 0.25) is 0 Å². The second-order valence-corrected chi connectivity index (χ2v) is 9.47. The minimum Gasteiger partial charge on any atom is -0.484 e. The van der Waals surface area contributed by atoms with E-state index in [1.165, 1.54) is 17.7 Å². The number of anilines is 1. The van der Waals surface area contributed by atoms with Gasteiger partial charge in [-0.15, -0.1) is 0 Å². The maximum Gasteiger partial charge on any atom is 0.278 e. The number of benzene rings is 3. The summed E-state index contributed by atoms with van der Waals surface area (Å²) in [5, 5.41) is 0. The number of carbonyl (C=O) groups is 1. The minimum absolute atomic E-state index is 0.0555. The Kier molecular flexibility index (Phi) is 7.70. The quantitative estimate of drug-likeness (QED) is 0.442. The Balaban J connectivity index is 1.88. The van der Waals surface area contributed by atoms with E-state index in [0.717, 1.165) is 34.7 Å². The van der Waals surface area contributed by atoms with E-state index in [1.807, 2.05) is 38.1 Å². The molecule has 0 spiro atoms. The number of amides is 1. The van der Waals surface area contributed by atoms with Crippen LogP contribution in [0.4, 0.5) is 5.69 Å². The normalized spacial score (nSPS) is 11.2. The summed E-state index contributed by atoms with van der Waals surface area (Å²) in [5.41, 5.74) is 3.46. The molecular weight excluding hydrogens is 422 g/mol. The summed E-state index contributed by atoms with van der Waals surface area (Å²) in [6.07, 6.45) is 2.83. The molecule has 0 fully saturated rings. The summed E-state index contributed by atoms with van der Waals surface area (Å²) in [6.45, 7) is 5.61. The highest BCUT2D eigenvalue weighted by atomic mass is 32.2. The van der Waals surface area contributed by atoms with Gasteiger partial charge < -0.3 is 4.74 Å². The molecule has 0 N–H and O–H groups in total. The van der Waals surface area contributed by atoms with Crippen LogP contribution >= 0.6 is 0 Å². The van der Waals surface area contributed by atoms with Crippen LogP contribution in [-0.4, -0.2) is 20.9 Å². The largest absolute Gasteiger partial charge is 0.484 e. The Hall–Kier alpha value is -3.12. The number of ether oxygens (including phenoxy) is 1. The van der Waals surface area contributed by atoms with Crippen LogP contribution in [0.1, 0.15) is 37.0 Å². The highest BCUT2D eigenvalue weighted by molar-refractivity contribution is 7.93. The molecule has 3 aromatic rings.